The number of aromatic nitrogens is 3. The number of H-pyrrole nitrogens is 2. The van der Waals surface area contributed by atoms with Crippen LogP contribution in [0.4, 0.5) is 10.2 Å². The third-order valence-corrected chi connectivity index (χ3v) is 2.74. The number of amides is 1. The molecule has 0 saturated carbocycles. The van der Waals surface area contributed by atoms with E-state index in [0.717, 1.165) is 6.21 Å². The van der Waals surface area contributed by atoms with Gasteiger partial charge in [0.25, 0.3) is 11.5 Å². The largest absolute Gasteiger partial charge is 0.353 e. The van der Waals surface area contributed by atoms with Crippen LogP contribution in [0.15, 0.2) is 39.0 Å². The Morgan fingerprint density at radius 2 is 2.13 bits per heavy atom. The van der Waals surface area contributed by atoms with Crippen molar-refractivity contribution in [3.05, 3.63) is 56.5 Å². The van der Waals surface area contributed by atoms with Gasteiger partial charge in [0.2, 0.25) is 5.82 Å². The Labute approximate surface area is 128 Å². The third kappa shape index (κ3) is 4.33. The summed E-state index contributed by atoms with van der Waals surface area (Å²) in [5.41, 5.74) is 0.895. The smallest absolute Gasteiger partial charge is 0.342 e. The number of benzene rings is 1. The van der Waals surface area contributed by atoms with Crippen LogP contribution in [-0.2, 0) is 4.79 Å². The number of carbonyl (C=O) groups is 1. The Morgan fingerprint density at radius 3 is 2.83 bits per heavy atom. The van der Waals surface area contributed by atoms with Gasteiger partial charge in [-0.15, -0.1) is 5.10 Å². The number of nitrogens with one attached hydrogen (secondary N) is 4. The number of hydrogen-bond donors (Lipinski definition) is 4. The maximum atomic E-state index is 13.3. The van der Waals surface area contributed by atoms with Gasteiger partial charge >= 0.3 is 5.69 Å². The SMILES string of the molecule is CC(Nc1n[nH]c(=O)[nH]c1=O)C(=O)NN=Cc1ccccc1F. The number of nitrogens with zero attached hydrogens (tertiary/aromatic N) is 2. The molecule has 0 aliphatic carbocycles. The van der Waals surface area contributed by atoms with Crippen molar-refractivity contribution >= 4 is 17.9 Å². The van der Waals surface area contributed by atoms with Crippen molar-refractivity contribution in [2.75, 3.05) is 5.32 Å². The van der Waals surface area contributed by atoms with E-state index >= 15 is 0 Å². The highest BCUT2D eigenvalue weighted by molar-refractivity contribution is 5.86. The molecular weight excluding hydrogens is 307 g/mol. The van der Waals surface area contributed by atoms with Crippen LogP contribution in [0.25, 0.3) is 0 Å². The first-order valence-electron chi connectivity index (χ1n) is 6.50. The number of rotatable bonds is 5. The molecule has 1 aromatic carbocycles. The number of hydrogen-bond acceptors (Lipinski definition) is 6. The molecule has 0 radical (unpaired) electrons. The molecule has 10 heteroatoms. The molecule has 0 bridgehead atoms. The summed E-state index contributed by atoms with van der Waals surface area (Å²) in [4.78, 5) is 36.0. The molecule has 1 atom stereocenters. The molecule has 1 aromatic heterocycles. The number of carbonyl (C=O) groups excluding carboxylic acids is 1. The summed E-state index contributed by atoms with van der Waals surface area (Å²) in [7, 11) is 0. The van der Waals surface area contributed by atoms with Gasteiger partial charge in [-0.2, -0.15) is 5.10 Å². The molecule has 1 heterocycles. The fourth-order valence-corrected chi connectivity index (χ4v) is 1.56. The van der Waals surface area contributed by atoms with Crippen molar-refractivity contribution in [1.29, 1.82) is 0 Å². The summed E-state index contributed by atoms with van der Waals surface area (Å²) < 4.78 is 13.3. The highest BCUT2D eigenvalue weighted by atomic mass is 19.1. The minimum absolute atomic E-state index is 0.215. The molecule has 23 heavy (non-hydrogen) atoms. The van der Waals surface area contributed by atoms with E-state index < -0.39 is 29.0 Å². The van der Waals surface area contributed by atoms with Crippen molar-refractivity contribution in [1.82, 2.24) is 20.6 Å². The van der Waals surface area contributed by atoms with E-state index in [9.17, 15) is 18.8 Å². The second kappa shape index (κ2) is 7.11. The number of halogens is 1. The highest BCUT2D eigenvalue weighted by Crippen LogP contribution is 2.02. The first-order valence-corrected chi connectivity index (χ1v) is 6.50. The van der Waals surface area contributed by atoms with Gasteiger partial charge in [-0.1, -0.05) is 18.2 Å². The molecule has 4 N–H and O–H groups in total. The van der Waals surface area contributed by atoms with Crippen LogP contribution < -0.4 is 22.0 Å². The van der Waals surface area contributed by atoms with Crippen LogP contribution >= 0.6 is 0 Å². The van der Waals surface area contributed by atoms with E-state index in [1.165, 1.54) is 25.1 Å². The monoisotopic (exact) mass is 320 g/mol. The average Bonchev–Trinajstić information content (AvgIpc) is 2.51. The summed E-state index contributed by atoms with van der Waals surface area (Å²) >= 11 is 0. The summed E-state index contributed by atoms with van der Waals surface area (Å²) in [5.74, 6) is -1.27. The Kier molecular flexibility index (Phi) is 4.97. The van der Waals surface area contributed by atoms with Crippen LogP contribution in [0, 0.1) is 5.82 Å². The summed E-state index contributed by atoms with van der Waals surface area (Å²) in [6.07, 6.45) is 1.16. The Bertz CT molecular complexity index is 844. The predicted octanol–water partition coefficient (Wildman–Crippen LogP) is -0.452. The first kappa shape index (κ1) is 16.1. The van der Waals surface area contributed by atoms with Crippen molar-refractivity contribution in [2.24, 2.45) is 5.10 Å². The second-order valence-electron chi connectivity index (χ2n) is 4.48. The van der Waals surface area contributed by atoms with E-state index in [1.54, 1.807) is 6.07 Å². The standard InChI is InChI=1S/C13H13FN6O3/c1-7(16-10-12(22)17-13(23)20-18-10)11(21)19-15-6-8-4-2-3-5-9(8)14/h2-7H,1H3,(H,16,18)(H,19,21)(H2,17,20,22,23). The summed E-state index contributed by atoms with van der Waals surface area (Å²) in [5, 5.41) is 11.7. The fourth-order valence-electron chi connectivity index (χ4n) is 1.56. The molecular formula is C13H13FN6O3. The molecule has 0 fully saturated rings. The molecule has 2 rings (SSSR count). The van der Waals surface area contributed by atoms with Gasteiger partial charge in [0.1, 0.15) is 11.9 Å². The second-order valence-corrected chi connectivity index (χ2v) is 4.48. The lowest BCUT2D eigenvalue weighted by molar-refractivity contribution is -0.121. The van der Waals surface area contributed by atoms with Crippen LogP contribution in [-0.4, -0.2) is 33.3 Å². The van der Waals surface area contributed by atoms with Crippen LogP contribution in [0.3, 0.4) is 0 Å². The number of aromatic amines is 2. The van der Waals surface area contributed by atoms with E-state index in [0.29, 0.717) is 0 Å². The van der Waals surface area contributed by atoms with Gasteiger partial charge in [-0.3, -0.25) is 14.6 Å². The quantitative estimate of drug-likeness (QED) is 0.437. The summed E-state index contributed by atoms with van der Waals surface area (Å²) in [6.45, 7) is 1.46. The van der Waals surface area contributed by atoms with Gasteiger partial charge in [0, 0.05) is 5.56 Å². The predicted molar refractivity (Wildman–Crippen MR) is 80.7 cm³/mol. The van der Waals surface area contributed by atoms with Crippen LogP contribution in [0.5, 0.6) is 0 Å². The Morgan fingerprint density at radius 1 is 1.39 bits per heavy atom. The number of anilines is 1. The molecule has 1 amide bonds. The molecule has 120 valence electrons. The van der Waals surface area contributed by atoms with Gasteiger partial charge < -0.3 is 5.32 Å². The van der Waals surface area contributed by atoms with Gasteiger partial charge in [0.15, 0.2) is 0 Å². The van der Waals surface area contributed by atoms with E-state index in [-0.39, 0.29) is 11.4 Å². The molecule has 2 aromatic rings. The molecule has 0 spiro atoms. The lowest BCUT2D eigenvalue weighted by Crippen LogP contribution is -2.38. The lowest BCUT2D eigenvalue weighted by Gasteiger charge is -2.11. The number of hydrazone groups is 1. The van der Waals surface area contributed by atoms with Crippen molar-refractivity contribution in [3.63, 3.8) is 0 Å². The van der Waals surface area contributed by atoms with E-state index in [2.05, 4.69) is 20.9 Å². The molecule has 0 aliphatic heterocycles. The lowest BCUT2D eigenvalue weighted by atomic mass is 10.2. The third-order valence-electron chi connectivity index (χ3n) is 2.74. The molecule has 0 saturated heterocycles. The van der Waals surface area contributed by atoms with Gasteiger partial charge in [-0.25, -0.2) is 19.7 Å². The Hall–Kier alpha value is -3.30. The molecule has 0 aliphatic rings. The van der Waals surface area contributed by atoms with Crippen LogP contribution in [0.1, 0.15) is 12.5 Å². The molecule has 1 unspecified atom stereocenters. The van der Waals surface area contributed by atoms with E-state index in [1.807, 2.05) is 10.1 Å². The molecule has 9 nitrogen and oxygen atoms in total. The van der Waals surface area contributed by atoms with Crippen molar-refractivity contribution in [2.45, 2.75) is 13.0 Å². The van der Waals surface area contributed by atoms with Crippen molar-refractivity contribution < 1.29 is 9.18 Å². The van der Waals surface area contributed by atoms with E-state index in [4.69, 9.17) is 0 Å². The van der Waals surface area contributed by atoms with Crippen molar-refractivity contribution in [3.8, 4) is 0 Å². The summed E-state index contributed by atoms with van der Waals surface area (Å²) in [6, 6.07) is 5.06. The zero-order valence-corrected chi connectivity index (χ0v) is 12.0. The zero-order chi connectivity index (χ0) is 16.8. The topological polar surface area (TPSA) is 132 Å². The van der Waals surface area contributed by atoms with Crippen LogP contribution in [0.2, 0.25) is 0 Å². The highest BCUT2D eigenvalue weighted by Gasteiger charge is 2.14. The first-order chi connectivity index (χ1) is 11.0. The normalized spacial score (nSPS) is 12.1. The fraction of sp³-hybridized carbons (Fsp3) is 0.154. The van der Waals surface area contributed by atoms with Gasteiger partial charge in [-0.05, 0) is 13.0 Å². The Balaban J connectivity index is 1.96. The maximum Gasteiger partial charge on any atom is 0.342 e. The minimum atomic E-state index is -0.868. The zero-order valence-electron chi connectivity index (χ0n) is 12.0. The van der Waals surface area contributed by atoms with Gasteiger partial charge in [0.05, 0.1) is 6.21 Å². The average molecular weight is 320 g/mol. The maximum absolute atomic E-state index is 13.3. The minimum Gasteiger partial charge on any atom is -0.353 e.